The summed E-state index contributed by atoms with van der Waals surface area (Å²) in [6.07, 6.45) is -4.93. The van der Waals surface area contributed by atoms with Crippen molar-refractivity contribution in [3.05, 3.63) is 99.0 Å². The first-order chi connectivity index (χ1) is 17.2. The highest BCUT2D eigenvalue weighted by atomic mass is 79.9. The smallest absolute Gasteiger partial charge is 0.410 e. The molecule has 1 aliphatic rings. The number of nitrogens with zero attached hydrogens (tertiary/aromatic N) is 3. The standard InChI is InChI=1S/C25H19Br2F3N4O2/c26-20-12-11-18(36-20)17-13-19(25(28,29)30)34-23(31-17)21(27)22(32-34)24(35)33(16-9-5-2-6-10-16)14-15-7-3-1-4-8-15/h1-12,17,19,31H,13-14H2/t17-,19+/m1/s1. The Hall–Kier alpha value is -3.05. The lowest BCUT2D eigenvalue weighted by Crippen LogP contribution is -2.36. The topological polar surface area (TPSA) is 63.3 Å². The number of anilines is 2. The van der Waals surface area contributed by atoms with E-state index in [1.807, 2.05) is 36.4 Å². The van der Waals surface area contributed by atoms with Gasteiger partial charge in [0.05, 0.1) is 17.1 Å². The van der Waals surface area contributed by atoms with Gasteiger partial charge in [0.1, 0.15) is 11.6 Å². The van der Waals surface area contributed by atoms with E-state index < -0.39 is 24.2 Å². The molecule has 0 aliphatic carbocycles. The van der Waals surface area contributed by atoms with Crippen LogP contribution in [0.1, 0.15) is 40.3 Å². The van der Waals surface area contributed by atoms with Gasteiger partial charge in [-0.1, -0.05) is 48.5 Å². The number of hydrogen-bond donors (Lipinski definition) is 1. The van der Waals surface area contributed by atoms with Crippen molar-refractivity contribution >= 4 is 49.3 Å². The zero-order valence-electron chi connectivity index (χ0n) is 18.5. The Bertz CT molecular complexity index is 1370. The number of halogens is 5. The largest absolute Gasteiger partial charge is 0.452 e. The van der Waals surface area contributed by atoms with E-state index in [9.17, 15) is 18.0 Å². The first-order valence-corrected chi connectivity index (χ1v) is 12.6. The second-order valence-corrected chi connectivity index (χ2v) is 9.87. The van der Waals surface area contributed by atoms with Crippen molar-refractivity contribution in [2.24, 2.45) is 0 Å². The summed E-state index contributed by atoms with van der Waals surface area (Å²) in [7, 11) is 0. The molecule has 2 atom stereocenters. The van der Waals surface area contributed by atoms with Crippen LogP contribution in [0.5, 0.6) is 0 Å². The third-order valence-corrected chi connectivity index (χ3v) is 7.11. The monoisotopic (exact) mass is 622 g/mol. The number of rotatable bonds is 5. The van der Waals surface area contributed by atoms with Gasteiger partial charge in [0.25, 0.3) is 5.91 Å². The van der Waals surface area contributed by atoms with E-state index >= 15 is 0 Å². The number of benzene rings is 2. The fraction of sp³-hybridized carbons (Fsp3) is 0.200. The summed E-state index contributed by atoms with van der Waals surface area (Å²) >= 11 is 6.56. The number of fused-ring (bicyclic) bond motifs is 1. The van der Waals surface area contributed by atoms with Crippen LogP contribution in [0.15, 0.2) is 86.4 Å². The summed E-state index contributed by atoms with van der Waals surface area (Å²) in [4.78, 5) is 15.3. The third kappa shape index (κ3) is 4.81. The van der Waals surface area contributed by atoms with Gasteiger partial charge in [-0.25, -0.2) is 4.68 Å². The number of para-hydroxylation sites is 1. The molecule has 2 aromatic heterocycles. The van der Waals surface area contributed by atoms with Crippen molar-refractivity contribution in [2.45, 2.75) is 31.2 Å². The fourth-order valence-corrected chi connectivity index (χ4v) is 5.07. The van der Waals surface area contributed by atoms with E-state index in [0.717, 1.165) is 10.2 Å². The molecule has 1 N–H and O–H groups in total. The van der Waals surface area contributed by atoms with E-state index in [1.165, 1.54) is 4.90 Å². The van der Waals surface area contributed by atoms with Gasteiger partial charge in [-0.15, -0.1) is 0 Å². The van der Waals surface area contributed by atoms with E-state index in [-0.39, 0.29) is 29.0 Å². The molecule has 4 aromatic rings. The van der Waals surface area contributed by atoms with E-state index in [0.29, 0.717) is 16.1 Å². The minimum atomic E-state index is -4.59. The molecule has 3 heterocycles. The minimum absolute atomic E-state index is 0.0668. The predicted molar refractivity (Wildman–Crippen MR) is 136 cm³/mol. The molecule has 0 radical (unpaired) electrons. The van der Waals surface area contributed by atoms with Crippen LogP contribution in [0.25, 0.3) is 0 Å². The third-order valence-electron chi connectivity index (χ3n) is 5.93. The summed E-state index contributed by atoms with van der Waals surface area (Å²) in [6.45, 7) is 0.220. The van der Waals surface area contributed by atoms with Crippen molar-refractivity contribution in [2.75, 3.05) is 10.2 Å². The first kappa shape index (κ1) is 24.6. The molecular weight excluding hydrogens is 605 g/mol. The van der Waals surface area contributed by atoms with Gasteiger partial charge in [-0.05, 0) is 61.7 Å². The summed E-state index contributed by atoms with van der Waals surface area (Å²) in [5.41, 5.74) is 1.35. The van der Waals surface area contributed by atoms with Gasteiger partial charge in [0, 0.05) is 12.1 Å². The number of carbonyl (C=O) groups excluding carboxylic acids is 1. The second kappa shape index (κ2) is 9.78. The molecule has 0 saturated carbocycles. The maximum absolute atomic E-state index is 14.1. The highest BCUT2D eigenvalue weighted by molar-refractivity contribution is 9.10. The highest BCUT2D eigenvalue weighted by Gasteiger charge is 2.48. The summed E-state index contributed by atoms with van der Waals surface area (Å²) in [5.74, 6) is -0.116. The van der Waals surface area contributed by atoms with Crippen LogP contribution in [0.3, 0.4) is 0 Å². The quantitative estimate of drug-likeness (QED) is 0.250. The van der Waals surface area contributed by atoms with Crippen LogP contribution in [-0.4, -0.2) is 21.9 Å². The number of hydrogen-bond acceptors (Lipinski definition) is 4. The van der Waals surface area contributed by atoms with Gasteiger partial charge in [-0.2, -0.15) is 18.3 Å². The maximum atomic E-state index is 14.1. The Labute approximate surface area is 221 Å². The summed E-state index contributed by atoms with van der Waals surface area (Å²) in [5, 5.41) is 7.24. The SMILES string of the molecule is O=C(c1nn2c(c1Br)N[C@@H](c1ccc(Br)o1)C[C@H]2C(F)(F)F)N(Cc1ccccc1)c1ccccc1. The molecule has 0 spiro atoms. The molecule has 1 aliphatic heterocycles. The van der Waals surface area contributed by atoms with Crippen molar-refractivity contribution in [1.82, 2.24) is 9.78 Å². The minimum Gasteiger partial charge on any atom is -0.452 e. The molecule has 11 heteroatoms. The molecule has 0 unspecified atom stereocenters. The van der Waals surface area contributed by atoms with Crippen LogP contribution in [-0.2, 0) is 6.54 Å². The zero-order chi connectivity index (χ0) is 25.4. The van der Waals surface area contributed by atoms with Gasteiger partial charge in [0.2, 0.25) is 0 Å². The van der Waals surface area contributed by atoms with Crippen molar-refractivity contribution in [3.8, 4) is 0 Å². The summed E-state index contributed by atoms with van der Waals surface area (Å²) in [6, 6.07) is 18.8. The molecule has 0 saturated heterocycles. The Balaban J connectivity index is 1.56. The van der Waals surface area contributed by atoms with Gasteiger partial charge < -0.3 is 14.6 Å². The molecule has 186 valence electrons. The fourth-order valence-electron chi connectivity index (χ4n) is 4.21. The normalized spacial score (nSPS) is 17.4. The van der Waals surface area contributed by atoms with Gasteiger partial charge >= 0.3 is 6.18 Å². The van der Waals surface area contributed by atoms with Crippen LogP contribution in [0.2, 0.25) is 0 Å². The summed E-state index contributed by atoms with van der Waals surface area (Å²) < 4.78 is 49.3. The molecule has 36 heavy (non-hydrogen) atoms. The Kier molecular flexibility index (Phi) is 6.69. The number of nitrogens with one attached hydrogen (secondary N) is 1. The molecule has 6 nitrogen and oxygen atoms in total. The second-order valence-electron chi connectivity index (χ2n) is 8.30. The van der Waals surface area contributed by atoms with Crippen molar-refractivity contribution < 1.29 is 22.4 Å². The maximum Gasteiger partial charge on any atom is 0.410 e. The molecular formula is C25H19Br2F3N4O2. The van der Waals surface area contributed by atoms with E-state index in [2.05, 4.69) is 42.3 Å². The van der Waals surface area contributed by atoms with Crippen LogP contribution in [0, 0.1) is 0 Å². The first-order valence-electron chi connectivity index (χ1n) is 11.0. The van der Waals surface area contributed by atoms with E-state index in [4.69, 9.17) is 4.42 Å². The number of carbonyl (C=O) groups is 1. The Morgan fingerprint density at radius 2 is 1.72 bits per heavy atom. The lowest BCUT2D eigenvalue weighted by molar-refractivity contribution is -0.174. The van der Waals surface area contributed by atoms with Crippen LogP contribution < -0.4 is 10.2 Å². The molecule has 5 rings (SSSR count). The molecule has 0 fully saturated rings. The number of furan rings is 1. The van der Waals surface area contributed by atoms with Gasteiger partial charge in [0.15, 0.2) is 16.4 Å². The number of alkyl halides is 3. The van der Waals surface area contributed by atoms with Crippen molar-refractivity contribution in [1.29, 1.82) is 0 Å². The number of amides is 1. The predicted octanol–water partition coefficient (Wildman–Crippen LogP) is 7.51. The van der Waals surface area contributed by atoms with Crippen LogP contribution >= 0.6 is 31.9 Å². The Morgan fingerprint density at radius 1 is 1.06 bits per heavy atom. The average molecular weight is 624 g/mol. The number of aromatic nitrogens is 2. The molecule has 0 bridgehead atoms. The highest BCUT2D eigenvalue weighted by Crippen LogP contribution is 2.47. The Morgan fingerprint density at radius 3 is 2.33 bits per heavy atom. The van der Waals surface area contributed by atoms with Gasteiger partial charge in [-0.3, -0.25) is 4.79 Å². The molecule has 1 amide bonds. The molecule has 2 aromatic carbocycles. The average Bonchev–Trinajstić information content (AvgIpc) is 3.45. The van der Waals surface area contributed by atoms with Crippen molar-refractivity contribution in [3.63, 3.8) is 0 Å². The lowest BCUT2D eigenvalue weighted by atomic mass is 10.0. The van der Waals surface area contributed by atoms with E-state index in [1.54, 1.807) is 36.4 Å². The lowest BCUT2D eigenvalue weighted by Gasteiger charge is -2.32. The van der Waals surface area contributed by atoms with Crippen LogP contribution in [0.4, 0.5) is 24.7 Å². The zero-order valence-corrected chi connectivity index (χ0v) is 21.7.